The number of sulfonamides is 1. The molecule has 1 aliphatic heterocycles. The Morgan fingerprint density at radius 3 is 2.65 bits per heavy atom. The Bertz CT molecular complexity index is 599. The average Bonchev–Trinajstić information content (AvgIpc) is 2.71. The molecule has 17 heavy (non-hydrogen) atoms. The van der Waals surface area contributed by atoms with Gasteiger partial charge in [0.25, 0.3) is 10.0 Å². The highest BCUT2D eigenvalue weighted by Gasteiger charge is 2.38. The average molecular weight is 272 g/mol. The smallest absolute Gasteiger partial charge is 0.265 e. The molecule has 0 saturated carbocycles. The highest BCUT2D eigenvalue weighted by atomic mass is 32.2. The van der Waals surface area contributed by atoms with Crippen molar-refractivity contribution < 1.29 is 13.2 Å². The Labute approximate surface area is 104 Å². The summed E-state index contributed by atoms with van der Waals surface area (Å²) in [6.45, 7) is 0. The Hall–Kier alpha value is -1.34. The standard InChI is InChI=1S/C10H12N2O3S2/c1-11(2)6-7-9(13)10-8(4-5-16-10)17(14,15)12(7)3/h4-6H,1-3H3/b7-6+. The Morgan fingerprint density at radius 2 is 2.06 bits per heavy atom. The van der Waals surface area contributed by atoms with Crippen LogP contribution in [0, 0.1) is 0 Å². The van der Waals surface area contributed by atoms with Gasteiger partial charge in [0.1, 0.15) is 10.6 Å². The molecule has 1 aromatic heterocycles. The fraction of sp³-hybridized carbons (Fsp3) is 0.300. The molecule has 0 bridgehead atoms. The van der Waals surface area contributed by atoms with E-state index < -0.39 is 10.0 Å². The molecule has 7 heteroatoms. The van der Waals surface area contributed by atoms with Crippen LogP contribution in [0.5, 0.6) is 0 Å². The van der Waals surface area contributed by atoms with Gasteiger partial charge in [-0.05, 0) is 11.4 Å². The molecule has 0 unspecified atom stereocenters. The summed E-state index contributed by atoms with van der Waals surface area (Å²) < 4.78 is 25.3. The third kappa shape index (κ3) is 1.75. The molecule has 0 amide bonds. The molecule has 0 aliphatic carbocycles. The maximum absolute atomic E-state index is 12.1. The van der Waals surface area contributed by atoms with Gasteiger partial charge in [-0.3, -0.25) is 9.10 Å². The predicted octanol–water partition coefficient (Wildman–Crippen LogP) is 0.968. The lowest BCUT2D eigenvalue weighted by Gasteiger charge is -2.26. The van der Waals surface area contributed by atoms with Crippen LogP contribution in [-0.2, 0) is 10.0 Å². The van der Waals surface area contributed by atoms with Gasteiger partial charge in [0.2, 0.25) is 5.78 Å². The first-order valence-corrected chi connectivity index (χ1v) is 7.17. The SMILES string of the molecule is CN(C)/C=C1\C(=O)c2sccc2S(=O)(=O)N1C. The second-order valence-electron chi connectivity index (χ2n) is 3.89. The van der Waals surface area contributed by atoms with Crippen LogP contribution in [-0.4, -0.2) is 44.5 Å². The Balaban J connectivity index is 2.69. The van der Waals surface area contributed by atoms with E-state index in [1.54, 1.807) is 24.4 Å². The van der Waals surface area contributed by atoms with Crippen LogP contribution in [0.1, 0.15) is 9.67 Å². The van der Waals surface area contributed by atoms with Crippen molar-refractivity contribution in [2.45, 2.75) is 4.90 Å². The van der Waals surface area contributed by atoms with Gasteiger partial charge in [0.05, 0.1) is 4.88 Å². The van der Waals surface area contributed by atoms with Crippen molar-refractivity contribution in [3.8, 4) is 0 Å². The maximum Gasteiger partial charge on any atom is 0.265 e. The molecule has 1 aromatic rings. The predicted molar refractivity (Wildman–Crippen MR) is 65.4 cm³/mol. The summed E-state index contributed by atoms with van der Waals surface area (Å²) in [5.74, 6) is -0.249. The van der Waals surface area contributed by atoms with Gasteiger partial charge in [-0.2, -0.15) is 0 Å². The van der Waals surface area contributed by atoms with Gasteiger partial charge in [0.15, 0.2) is 0 Å². The molecule has 0 spiro atoms. The van der Waals surface area contributed by atoms with Crippen molar-refractivity contribution in [1.29, 1.82) is 0 Å². The molecule has 1 aliphatic rings. The highest BCUT2D eigenvalue weighted by Crippen LogP contribution is 2.34. The van der Waals surface area contributed by atoms with E-state index in [9.17, 15) is 13.2 Å². The molecule has 5 nitrogen and oxygen atoms in total. The van der Waals surface area contributed by atoms with Gasteiger partial charge in [-0.1, -0.05) is 0 Å². The first-order valence-electron chi connectivity index (χ1n) is 4.85. The van der Waals surface area contributed by atoms with E-state index in [1.165, 1.54) is 19.3 Å². The summed E-state index contributed by atoms with van der Waals surface area (Å²) in [7, 11) is 1.30. The number of allylic oxidation sites excluding steroid dienone is 1. The molecule has 2 rings (SSSR count). The molecular weight excluding hydrogens is 260 g/mol. The number of fused-ring (bicyclic) bond motifs is 1. The van der Waals surface area contributed by atoms with Crippen molar-refractivity contribution in [3.63, 3.8) is 0 Å². The third-order valence-corrected chi connectivity index (χ3v) is 5.28. The van der Waals surface area contributed by atoms with Crippen LogP contribution >= 0.6 is 11.3 Å². The molecule has 0 atom stereocenters. The summed E-state index contributed by atoms with van der Waals surface area (Å²) in [6, 6.07) is 1.47. The second-order valence-corrected chi connectivity index (χ2v) is 6.75. The molecule has 2 heterocycles. The molecule has 0 N–H and O–H groups in total. The number of Topliss-reactive ketones (excluding diaryl/α,β-unsaturated/α-hetero) is 1. The number of hydrogen-bond donors (Lipinski definition) is 0. The van der Waals surface area contributed by atoms with Gasteiger partial charge in [-0.15, -0.1) is 11.3 Å². The fourth-order valence-electron chi connectivity index (χ4n) is 1.59. The number of thiophene rings is 1. The van der Waals surface area contributed by atoms with Crippen LogP contribution < -0.4 is 0 Å². The summed E-state index contributed by atoms with van der Waals surface area (Å²) in [4.78, 5) is 14.2. The number of carbonyl (C=O) groups excluding carboxylic acids is 1. The van der Waals surface area contributed by atoms with Crippen molar-refractivity contribution in [2.24, 2.45) is 0 Å². The van der Waals surface area contributed by atoms with Crippen molar-refractivity contribution in [1.82, 2.24) is 9.21 Å². The molecule has 0 fully saturated rings. The van der Waals surface area contributed by atoms with Crippen molar-refractivity contribution in [3.05, 3.63) is 28.2 Å². The Kier molecular flexibility index (Phi) is 2.75. The molecular formula is C10H12N2O3S2. The Morgan fingerprint density at radius 1 is 1.41 bits per heavy atom. The molecule has 92 valence electrons. The van der Waals surface area contributed by atoms with Gasteiger partial charge < -0.3 is 4.90 Å². The van der Waals surface area contributed by atoms with Crippen LogP contribution in [0.4, 0.5) is 0 Å². The lowest BCUT2D eigenvalue weighted by molar-refractivity contribution is 0.101. The van der Waals surface area contributed by atoms with Crippen LogP contribution in [0.25, 0.3) is 0 Å². The zero-order valence-corrected chi connectivity index (χ0v) is 11.3. The summed E-state index contributed by atoms with van der Waals surface area (Å²) in [5.41, 5.74) is 0.171. The molecule has 0 saturated heterocycles. The minimum atomic E-state index is -3.58. The normalized spacial score (nSPS) is 20.5. The van der Waals surface area contributed by atoms with E-state index in [1.807, 2.05) is 0 Å². The third-order valence-electron chi connectivity index (χ3n) is 2.43. The lowest BCUT2D eigenvalue weighted by Crippen LogP contribution is -2.36. The van der Waals surface area contributed by atoms with E-state index >= 15 is 0 Å². The summed E-state index contributed by atoms with van der Waals surface area (Å²) in [5, 5.41) is 1.62. The van der Waals surface area contributed by atoms with E-state index in [2.05, 4.69) is 0 Å². The minimum absolute atomic E-state index is 0.103. The number of hydrogen-bond acceptors (Lipinski definition) is 5. The van der Waals surface area contributed by atoms with E-state index in [-0.39, 0.29) is 21.3 Å². The largest absolute Gasteiger partial charge is 0.382 e. The summed E-state index contributed by atoms with van der Waals surface area (Å²) >= 11 is 1.15. The fourth-order valence-corrected chi connectivity index (χ4v) is 4.12. The van der Waals surface area contributed by atoms with E-state index in [4.69, 9.17) is 0 Å². The highest BCUT2D eigenvalue weighted by molar-refractivity contribution is 7.89. The second kappa shape index (κ2) is 3.85. The van der Waals surface area contributed by atoms with Crippen LogP contribution in [0.2, 0.25) is 0 Å². The zero-order chi connectivity index (χ0) is 12.8. The first kappa shape index (κ1) is 12.1. The molecule has 0 radical (unpaired) electrons. The maximum atomic E-state index is 12.1. The number of likely N-dealkylation sites (N-methyl/N-ethyl adjacent to an activating group) is 1. The number of rotatable bonds is 1. The van der Waals surface area contributed by atoms with Gasteiger partial charge >= 0.3 is 0 Å². The topological polar surface area (TPSA) is 57.7 Å². The van der Waals surface area contributed by atoms with Crippen molar-refractivity contribution >= 4 is 27.1 Å². The van der Waals surface area contributed by atoms with Crippen LogP contribution in [0.15, 0.2) is 28.2 Å². The van der Waals surface area contributed by atoms with E-state index in [0.717, 1.165) is 15.6 Å². The monoisotopic (exact) mass is 272 g/mol. The quantitative estimate of drug-likeness (QED) is 0.715. The van der Waals surface area contributed by atoms with E-state index in [0.29, 0.717) is 0 Å². The number of ketones is 1. The van der Waals surface area contributed by atoms with Crippen molar-refractivity contribution in [2.75, 3.05) is 21.1 Å². The number of carbonyl (C=O) groups is 1. The van der Waals surface area contributed by atoms with Gasteiger partial charge in [0, 0.05) is 27.3 Å². The van der Waals surface area contributed by atoms with Crippen LogP contribution in [0.3, 0.4) is 0 Å². The minimum Gasteiger partial charge on any atom is -0.382 e. The zero-order valence-electron chi connectivity index (χ0n) is 9.67. The summed E-state index contributed by atoms with van der Waals surface area (Å²) in [6.07, 6.45) is 1.52. The number of nitrogens with zero attached hydrogens (tertiary/aromatic N) is 2. The molecule has 0 aromatic carbocycles. The lowest BCUT2D eigenvalue weighted by atomic mass is 10.2. The first-order chi connectivity index (χ1) is 7.85. The van der Waals surface area contributed by atoms with Gasteiger partial charge in [-0.25, -0.2) is 8.42 Å².